The van der Waals surface area contributed by atoms with Crippen molar-refractivity contribution in [1.82, 2.24) is 5.32 Å². The minimum Gasteiger partial charge on any atom is -0.394 e. The van der Waals surface area contributed by atoms with E-state index in [0.29, 0.717) is 12.6 Å². The van der Waals surface area contributed by atoms with Gasteiger partial charge in [0.1, 0.15) is 0 Å². The molecule has 0 bridgehead atoms. The van der Waals surface area contributed by atoms with Crippen LogP contribution in [0.4, 0.5) is 0 Å². The van der Waals surface area contributed by atoms with E-state index in [2.05, 4.69) is 12.2 Å². The average molecular weight is 159 g/mol. The van der Waals surface area contributed by atoms with Crippen molar-refractivity contribution in [2.24, 2.45) is 5.92 Å². The highest BCUT2D eigenvalue weighted by atomic mass is 16.3. The number of aliphatic hydroxyl groups is 2. The summed E-state index contributed by atoms with van der Waals surface area (Å²) in [4.78, 5) is 0. The Morgan fingerprint density at radius 2 is 2.18 bits per heavy atom. The second-order valence-electron chi connectivity index (χ2n) is 3.52. The first-order valence-electron chi connectivity index (χ1n) is 4.24. The van der Waals surface area contributed by atoms with E-state index in [1.165, 1.54) is 12.8 Å². The smallest absolute Gasteiger partial charge is 0.0895 e. The molecule has 3 nitrogen and oxygen atoms in total. The Morgan fingerprint density at radius 1 is 1.55 bits per heavy atom. The van der Waals surface area contributed by atoms with Crippen molar-refractivity contribution in [3.63, 3.8) is 0 Å². The molecule has 0 saturated heterocycles. The summed E-state index contributed by atoms with van der Waals surface area (Å²) >= 11 is 0. The van der Waals surface area contributed by atoms with Gasteiger partial charge in [0.25, 0.3) is 0 Å². The fourth-order valence-corrected chi connectivity index (χ4v) is 1.44. The van der Waals surface area contributed by atoms with Gasteiger partial charge in [-0.2, -0.15) is 0 Å². The molecule has 1 atom stereocenters. The summed E-state index contributed by atoms with van der Waals surface area (Å²) in [5.74, 6) is 0.832. The lowest BCUT2D eigenvalue weighted by atomic mass is 9.82. The molecule has 0 aliphatic heterocycles. The van der Waals surface area contributed by atoms with Gasteiger partial charge in [-0.3, -0.25) is 0 Å². The van der Waals surface area contributed by atoms with E-state index in [0.717, 1.165) is 5.92 Å². The lowest BCUT2D eigenvalue weighted by molar-refractivity contribution is 0.0851. The van der Waals surface area contributed by atoms with Crippen LogP contribution >= 0.6 is 0 Å². The minimum atomic E-state index is -0.592. The van der Waals surface area contributed by atoms with E-state index in [4.69, 9.17) is 10.2 Å². The van der Waals surface area contributed by atoms with Gasteiger partial charge >= 0.3 is 0 Å². The molecule has 66 valence electrons. The van der Waals surface area contributed by atoms with Crippen LogP contribution in [0.3, 0.4) is 0 Å². The highest BCUT2D eigenvalue weighted by molar-refractivity contribution is 4.82. The molecule has 0 spiro atoms. The average Bonchev–Trinajstić information content (AvgIpc) is 1.95. The number of hydrogen-bond donors (Lipinski definition) is 3. The maximum Gasteiger partial charge on any atom is 0.0895 e. The number of aliphatic hydroxyl groups excluding tert-OH is 2. The first kappa shape index (κ1) is 8.97. The maximum absolute atomic E-state index is 8.98. The Hall–Kier alpha value is -0.120. The van der Waals surface area contributed by atoms with Crippen molar-refractivity contribution in [2.45, 2.75) is 31.9 Å². The standard InChI is InChI=1S/C8H17NO2/c1-6-2-7(3-6)9-4-8(11)5-10/h6-11H,2-5H2,1H3. The molecule has 0 radical (unpaired) electrons. The van der Waals surface area contributed by atoms with Crippen molar-refractivity contribution in [3.05, 3.63) is 0 Å². The zero-order valence-electron chi connectivity index (χ0n) is 6.95. The SMILES string of the molecule is CC1CC(NCC(O)CO)C1. The van der Waals surface area contributed by atoms with Gasteiger partial charge in [-0.1, -0.05) is 6.92 Å². The lowest BCUT2D eigenvalue weighted by Crippen LogP contribution is -2.44. The third-order valence-electron chi connectivity index (χ3n) is 2.23. The van der Waals surface area contributed by atoms with Crippen LogP contribution in [-0.4, -0.2) is 35.5 Å². The van der Waals surface area contributed by atoms with Crippen molar-refractivity contribution < 1.29 is 10.2 Å². The zero-order chi connectivity index (χ0) is 8.27. The fourth-order valence-electron chi connectivity index (χ4n) is 1.44. The minimum absolute atomic E-state index is 0.144. The topological polar surface area (TPSA) is 52.5 Å². The molecule has 0 aromatic carbocycles. The number of hydrogen-bond acceptors (Lipinski definition) is 3. The van der Waals surface area contributed by atoms with E-state index in [1.54, 1.807) is 0 Å². The molecule has 3 N–H and O–H groups in total. The molecule has 1 aliphatic carbocycles. The van der Waals surface area contributed by atoms with Gasteiger partial charge in [0.15, 0.2) is 0 Å². The van der Waals surface area contributed by atoms with Gasteiger partial charge in [-0.25, -0.2) is 0 Å². The van der Waals surface area contributed by atoms with Gasteiger partial charge in [-0.15, -0.1) is 0 Å². The van der Waals surface area contributed by atoms with Crippen LogP contribution in [0.1, 0.15) is 19.8 Å². The number of rotatable bonds is 4. The summed E-state index contributed by atoms with van der Waals surface area (Å²) in [7, 11) is 0. The van der Waals surface area contributed by atoms with E-state index < -0.39 is 6.10 Å². The molecule has 1 unspecified atom stereocenters. The van der Waals surface area contributed by atoms with Crippen molar-refractivity contribution >= 4 is 0 Å². The van der Waals surface area contributed by atoms with Gasteiger partial charge in [0.2, 0.25) is 0 Å². The van der Waals surface area contributed by atoms with E-state index in [1.807, 2.05) is 0 Å². The largest absolute Gasteiger partial charge is 0.394 e. The Labute approximate surface area is 67.4 Å². The summed E-state index contributed by atoms with van der Waals surface area (Å²) in [5.41, 5.74) is 0. The van der Waals surface area contributed by atoms with Gasteiger partial charge in [0, 0.05) is 12.6 Å². The normalized spacial score (nSPS) is 33.0. The molecule has 0 aromatic heterocycles. The van der Waals surface area contributed by atoms with Crippen LogP contribution < -0.4 is 5.32 Å². The van der Waals surface area contributed by atoms with Crippen LogP contribution in [-0.2, 0) is 0 Å². The highest BCUT2D eigenvalue weighted by Crippen LogP contribution is 2.25. The van der Waals surface area contributed by atoms with Crippen molar-refractivity contribution in [3.8, 4) is 0 Å². The van der Waals surface area contributed by atoms with Crippen LogP contribution in [0.5, 0.6) is 0 Å². The summed E-state index contributed by atoms with van der Waals surface area (Å²) in [6, 6.07) is 0.575. The Kier molecular flexibility index (Phi) is 3.30. The Morgan fingerprint density at radius 3 is 2.64 bits per heavy atom. The molecule has 11 heavy (non-hydrogen) atoms. The summed E-state index contributed by atoms with van der Waals surface area (Å²) in [6.45, 7) is 2.60. The first-order valence-corrected chi connectivity index (χ1v) is 4.24. The number of nitrogens with one attached hydrogen (secondary N) is 1. The Bertz CT molecular complexity index is 113. The van der Waals surface area contributed by atoms with Crippen LogP contribution in [0.2, 0.25) is 0 Å². The first-order chi connectivity index (χ1) is 5.22. The zero-order valence-corrected chi connectivity index (χ0v) is 6.95. The molecular weight excluding hydrogens is 142 g/mol. The van der Waals surface area contributed by atoms with E-state index in [-0.39, 0.29) is 6.61 Å². The summed E-state index contributed by atoms with van der Waals surface area (Å²) in [6.07, 6.45) is 1.82. The van der Waals surface area contributed by atoms with Crippen molar-refractivity contribution in [1.29, 1.82) is 0 Å². The van der Waals surface area contributed by atoms with Crippen molar-refractivity contribution in [2.75, 3.05) is 13.2 Å². The van der Waals surface area contributed by atoms with Gasteiger partial charge < -0.3 is 15.5 Å². The second-order valence-corrected chi connectivity index (χ2v) is 3.52. The quantitative estimate of drug-likeness (QED) is 0.529. The molecule has 1 saturated carbocycles. The van der Waals surface area contributed by atoms with Crippen LogP contribution in [0, 0.1) is 5.92 Å². The van der Waals surface area contributed by atoms with E-state index in [9.17, 15) is 0 Å². The van der Waals surface area contributed by atoms with Gasteiger partial charge in [-0.05, 0) is 18.8 Å². The lowest BCUT2D eigenvalue weighted by Gasteiger charge is -2.33. The maximum atomic E-state index is 8.98. The van der Waals surface area contributed by atoms with Crippen LogP contribution in [0.25, 0.3) is 0 Å². The predicted octanol–water partition coefficient (Wildman–Crippen LogP) is -0.272. The summed E-state index contributed by atoms with van der Waals surface area (Å²) in [5, 5.41) is 20.7. The monoisotopic (exact) mass is 159 g/mol. The molecule has 0 aromatic rings. The molecule has 0 heterocycles. The fraction of sp³-hybridized carbons (Fsp3) is 1.00. The Balaban J connectivity index is 1.96. The third-order valence-corrected chi connectivity index (χ3v) is 2.23. The molecule has 1 rings (SSSR count). The summed E-state index contributed by atoms with van der Waals surface area (Å²) < 4.78 is 0. The molecule has 1 fully saturated rings. The second kappa shape index (κ2) is 4.04. The molecule has 1 aliphatic rings. The third kappa shape index (κ3) is 2.77. The molecule has 0 amide bonds. The van der Waals surface area contributed by atoms with Gasteiger partial charge in [0.05, 0.1) is 12.7 Å². The predicted molar refractivity (Wildman–Crippen MR) is 43.3 cm³/mol. The highest BCUT2D eigenvalue weighted by Gasteiger charge is 2.24. The molecular formula is C8H17NO2. The van der Waals surface area contributed by atoms with Crippen LogP contribution in [0.15, 0.2) is 0 Å². The van der Waals surface area contributed by atoms with E-state index >= 15 is 0 Å². The molecule has 3 heteroatoms.